The molecule has 126 valence electrons. The smallest absolute Gasteiger partial charge is 0.406 e. The summed E-state index contributed by atoms with van der Waals surface area (Å²) in [5, 5.41) is 12.8. The zero-order chi connectivity index (χ0) is 17.6. The SMILES string of the molecule is CCCC(C#N)(Nc1ccc(OC(F)(F)F)cc1)c1cccnc1. The van der Waals surface area contributed by atoms with Gasteiger partial charge in [0, 0.05) is 23.6 Å². The van der Waals surface area contributed by atoms with Gasteiger partial charge in [-0.25, -0.2) is 0 Å². The minimum atomic E-state index is -4.73. The molecule has 2 rings (SSSR count). The van der Waals surface area contributed by atoms with Gasteiger partial charge in [-0.15, -0.1) is 13.2 Å². The van der Waals surface area contributed by atoms with Crippen LogP contribution in [-0.4, -0.2) is 11.3 Å². The highest BCUT2D eigenvalue weighted by Crippen LogP contribution is 2.31. The maximum atomic E-state index is 12.2. The molecule has 0 bridgehead atoms. The molecule has 0 aliphatic rings. The Labute approximate surface area is 137 Å². The van der Waals surface area contributed by atoms with E-state index in [0.29, 0.717) is 17.7 Å². The molecule has 0 amide bonds. The molecule has 2 aromatic rings. The molecule has 0 fully saturated rings. The first-order valence-corrected chi connectivity index (χ1v) is 7.34. The van der Waals surface area contributed by atoms with Gasteiger partial charge >= 0.3 is 6.36 Å². The number of pyridine rings is 1. The number of alkyl halides is 3. The van der Waals surface area contributed by atoms with Crippen LogP contribution in [0.4, 0.5) is 18.9 Å². The third-order valence-electron chi connectivity index (χ3n) is 3.42. The lowest BCUT2D eigenvalue weighted by molar-refractivity contribution is -0.274. The van der Waals surface area contributed by atoms with Crippen molar-refractivity contribution in [1.29, 1.82) is 5.26 Å². The van der Waals surface area contributed by atoms with E-state index in [1.807, 2.05) is 6.92 Å². The van der Waals surface area contributed by atoms with E-state index in [9.17, 15) is 18.4 Å². The molecule has 1 aromatic carbocycles. The van der Waals surface area contributed by atoms with Crippen molar-refractivity contribution in [1.82, 2.24) is 4.98 Å². The van der Waals surface area contributed by atoms with Crippen molar-refractivity contribution in [2.45, 2.75) is 31.7 Å². The Morgan fingerprint density at radius 1 is 1.21 bits per heavy atom. The second-order valence-corrected chi connectivity index (χ2v) is 5.21. The van der Waals surface area contributed by atoms with Gasteiger partial charge in [-0.05, 0) is 36.8 Å². The summed E-state index contributed by atoms with van der Waals surface area (Å²) in [6.07, 6.45) is -0.252. The summed E-state index contributed by atoms with van der Waals surface area (Å²) in [5.41, 5.74) is 0.212. The highest BCUT2D eigenvalue weighted by Gasteiger charge is 2.33. The predicted molar refractivity (Wildman–Crippen MR) is 83.2 cm³/mol. The van der Waals surface area contributed by atoms with Crippen LogP contribution in [-0.2, 0) is 5.54 Å². The molecule has 1 heterocycles. The molecular formula is C17H16F3N3O. The third-order valence-corrected chi connectivity index (χ3v) is 3.42. The number of nitrogens with one attached hydrogen (secondary N) is 1. The van der Waals surface area contributed by atoms with Crippen LogP contribution in [0.25, 0.3) is 0 Å². The number of nitrogens with zero attached hydrogens (tertiary/aromatic N) is 2. The van der Waals surface area contributed by atoms with Gasteiger partial charge in [-0.3, -0.25) is 4.98 Å². The summed E-state index contributed by atoms with van der Waals surface area (Å²) in [6, 6.07) is 11.1. The highest BCUT2D eigenvalue weighted by atomic mass is 19.4. The van der Waals surface area contributed by atoms with Gasteiger partial charge in [-0.2, -0.15) is 5.26 Å². The second kappa shape index (κ2) is 7.21. The molecular weight excluding hydrogens is 319 g/mol. The number of nitriles is 1. The number of halogens is 3. The fourth-order valence-corrected chi connectivity index (χ4v) is 2.40. The Morgan fingerprint density at radius 3 is 2.42 bits per heavy atom. The summed E-state index contributed by atoms with van der Waals surface area (Å²) in [4.78, 5) is 4.04. The van der Waals surface area contributed by atoms with Gasteiger partial charge in [0.25, 0.3) is 0 Å². The highest BCUT2D eigenvalue weighted by molar-refractivity contribution is 5.52. The van der Waals surface area contributed by atoms with E-state index in [-0.39, 0.29) is 5.75 Å². The molecule has 0 saturated carbocycles. The van der Waals surface area contributed by atoms with E-state index in [0.717, 1.165) is 6.42 Å². The fourth-order valence-electron chi connectivity index (χ4n) is 2.40. The number of aromatic nitrogens is 1. The first-order chi connectivity index (χ1) is 11.4. The number of ether oxygens (including phenoxy) is 1. The van der Waals surface area contributed by atoms with Crippen molar-refractivity contribution in [3.63, 3.8) is 0 Å². The first-order valence-electron chi connectivity index (χ1n) is 7.34. The lowest BCUT2D eigenvalue weighted by Gasteiger charge is -2.29. The topological polar surface area (TPSA) is 57.9 Å². The Balaban J connectivity index is 2.26. The quantitative estimate of drug-likeness (QED) is 0.837. The van der Waals surface area contributed by atoms with Gasteiger partial charge in [-0.1, -0.05) is 19.4 Å². The monoisotopic (exact) mass is 335 g/mol. The van der Waals surface area contributed by atoms with Crippen molar-refractivity contribution < 1.29 is 17.9 Å². The van der Waals surface area contributed by atoms with E-state index >= 15 is 0 Å². The number of anilines is 1. The van der Waals surface area contributed by atoms with Crippen LogP contribution in [0.3, 0.4) is 0 Å². The lowest BCUT2D eigenvalue weighted by atomic mass is 9.87. The van der Waals surface area contributed by atoms with Crippen molar-refractivity contribution in [2.24, 2.45) is 0 Å². The van der Waals surface area contributed by atoms with Gasteiger partial charge < -0.3 is 10.1 Å². The molecule has 0 radical (unpaired) electrons. The molecule has 1 atom stereocenters. The van der Waals surface area contributed by atoms with Gasteiger partial charge in [0.2, 0.25) is 0 Å². The van der Waals surface area contributed by atoms with Gasteiger partial charge in [0.1, 0.15) is 5.75 Å². The molecule has 4 nitrogen and oxygen atoms in total. The summed E-state index contributed by atoms with van der Waals surface area (Å²) in [6.45, 7) is 1.95. The van der Waals surface area contributed by atoms with E-state index < -0.39 is 11.9 Å². The van der Waals surface area contributed by atoms with Gasteiger partial charge in [0.15, 0.2) is 5.54 Å². The maximum Gasteiger partial charge on any atom is 0.573 e. The second-order valence-electron chi connectivity index (χ2n) is 5.21. The third kappa shape index (κ3) is 4.38. The van der Waals surface area contributed by atoms with Crippen molar-refractivity contribution in [2.75, 3.05) is 5.32 Å². The minimum Gasteiger partial charge on any atom is -0.406 e. The summed E-state index contributed by atoms with van der Waals surface area (Å²) >= 11 is 0. The molecule has 0 spiro atoms. The predicted octanol–water partition coefficient (Wildman–Crippen LogP) is 4.61. The molecule has 0 aliphatic carbocycles. The van der Waals surface area contributed by atoms with Crippen LogP contribution in [0, 0.1) is 11.3 Å². The lowest BCUT2D eigenvalue weighted by Crippen LogP contribution is -2.33. The fraction of sp³-hybridized carbons (Fsp3) is 0.294. The summed E-state index contributed by atoms with van der Waals surface area (Å²) < 4.78 is 40.4. The van der Waals surface area contributed by atoms with Crippen molar-refractivity contribution >= 4 is 5.69 Å². The van der Waals surface area contributed by atoms with E-state index in [1.165, 1.54) is 24.3 Å². The number of rotatable bonds is 6. The molecule has 1 unspecified atom stereocenters. The van der Waals surface area contributed by atoms with Crippen molar-refractivity contribution in [3.05, 3.63) is 54.4 Å². The first kappa shape index (κ1) is 17.6. The molecule has 0 saturated heterocycles. The van der Waals surface area contributed by atoms with Crippen LogP contribution < -0.4 is 10.1 Å². The van der Waals surface area contributed by atoms with E-state index in [2.05, 4.69) is 21.1 Å². The van der Waals surface area contributed by atoms with Crippen LogP contribution in [0.2, 0.25) is 0 Å². The maximum absolute atomic E-state index is 12.2. The number of hydrogen-bond acceptors (Lipinski definition) is 4. The molecule has 1 N–H and O–H groups in total. The Kier molecular flexibility index (Phi) is 5.29. The van der Waals surface area contributed by atoms with Crippen LogP contribution in [0.1, 0.15) is 25.3 Å². The van der Waals surface area contributed by atoms with Crippen molar-refractivity contribution in [3.8, 4) is 11.8 Å². The molecule has 7 heteroatoms. The number of benzene rings is 1. The van der Waals surface area contributed by atoms with E-state index in [1.54, 1.807) is 24.5 Å². The standard InChI is InChI=1S/C17H16F3N3O/c1-2-9-16(12-21,13-4-3-10-22-11-13)23-14-5-7-15(8-6-14)24-17(18,19)20/h3-8,10-11,23H,2,9H2,1H3. The average Bonchev–Trinajstić information content (AvgIpc) is 2.55. The molecule has 1 aromatic heterocycles. The van der Waals surface area contributed by atoms with Gasteiger partial charge in [0.05, 0.1) is 6.07 Å². The van der Waals surface area contributed by atoms with Crippen LogP contribution in [0.5, 0.6) is 5.75 Å². The van der Waals surface area contributed by atoms with Crippen LogP contribution >= 0.6 is 0 Å². The summed E-state index contributed by atoms with van der Waals surface area (Å²) in [7, 11) is 0. The largest absolute Gasteiger partial charge is 0.573 e. The van der Waals surface area contributed by atoms with E-state index in [4.69, 9.17) is 0 Å². The molecule has 0 aliphatic heterocycles. The minimum absolute atomic E-state index is 0.313. The Hall–Kier alpha value is -2.75. The zero-order valence-electron chi connectivity index (χ0n) is 13.0. The average molecular weight is 335 g/mol. The zero-order valence-corrected chi connectivity index (χ0v) is 13.0. The molecule has 24 heavy (non-hydrogen) atoms. The Morgan fingerprint density at radius 2 is 1.92 bits per heavy atom. The summed E-state index contributed by atoms with van der Waals surface area (Å²) in [5.74, 6) is -0.313. The normalized spacial score (nSPS) is 13.6. The Bertz CT molecular complexity index is 696. The number of hydrogen-bond donors (Lipinski definition) is 1. The van der Waals surface area contributed by atoms with Crippen LogP contribution in [0.15, 0.2) is 48.8 Å².